The van der Waals surface area contributed by atoms with Crippen molar-refractivity contribution in [1.82, 2.24) is 25.4 Å². The lowest BCUT2D eigenvalue weighted by Gasteiger charge is -2.46. The van der Waals surface area contributed by atoms with E-state index in [9.17, 15) is 24.3 Å². The molecule has 2 aliphatic heterocycles. The number of β-amino-alcohol motifs (C(OH)–C–C–N with tert-alkyl or cyclic N) is 1. The number of amides is 4. The third kappa shape index (κ3) is 9.72. The fraction of sp³-hybridized carbons (Fsp3) is 0.675. The van der Waals surface area contributed by atoms with Crippen molar-refractivity contribution in [2.45, 2.75) is 137 Å². The van der Waals surface area contributed by atoms with Crippen LogP contribution in [-0.2, 0) is 19.1 Å². The highest BCUT2D eigenvalue weighted by molar-refractivity contribution is 7.13. The topological polar surface area (TPSA) is 141 Å². The van der Waals surface area contributed by atoms with Crippen LogP contribution in [-0.4, -0.2) is 87.1 Å². The number of ether oxygens (including phenoxy) is 1. The van der Waals surface area contributed by atoms with E-state index in [1.54, 1.807) is 11.3 Å². The van der Waals surface area contributed by atoms with Crippen LogP contribution >= 0.6 is 11.3 Å². The summed E-state index contributed by atoms with van der Waals surface area (Å²) < 4.78 is 5.57. The Bertz CT molecular complexity index is 1580. The third-order valence-electron chi connectivity index (χ3n) is 11.2. The number of aliphatic hydroxyl groups is 1. The maximum absolute atomic E-state index is 14.1. The lowest BCUT2D eigenvalue weighted by molar-refractivity contribution is -0.144. The van der Waals surface area contributed by atoms with E-state index in [0.717, 1.165) is 60.2 Å². The summed E-state index contributed by atoms with van der Waals surface area (Å²) in [7, 11) is 0. The van der Waals surface area contributed by atoms with E-state index < -0.39 is 29.2 Å². The van der Waals surface area contributed by atoms with Crippen molar-refractivity contribution in [1.29, 1.82) is 0 Å². The van der Waals surface area contributed by atoms with Gasteiger partial charge in [-0.1, -0.05) is 45.0 Å². The Morgan fingerprint density at radius 2 is 1.63 bits per heavy atom. The van der Waals surface area contributed by atoms with E-state index in [1.165, 1.54) is 4.90 Å². The number of aromatic nitrogens is 1. The molecular formula is C40H59N5O6S. The second-order valence-corrected chi connectivity index (χ2v) is 18.4. The Hall–Kier alpha value is -3.51. The normalized spacial score (nSPS) is 22.2. The number of piperidine rings is 1. The number of aryl methyl sites for hydroxylation is 1. The highest BCUT2D eigenvalue weighted by atomic mass is 32.1. The van der Waals surface area contributed by atoms with Crippen molar-refractivity contribution in [3.8, 4) is 10.4 Å². The van der Waals surface area contributed by atoms with Crippen molar-refractivity contribution in [2.75, 3.05) is 19.6 Å². The van der Waals surface area contributed by atoms with Gasteiger partial charge in [-0.3, -0.25) is 14.4 Å². The maximum Gasteiger partial charge on any atom is 0.410 e. The average Bonchev–Trinajstić information content (AvgIpc) is 3.68. The molecule has 3 fully saturated rings. The largest absolute Gasteiger partial charge is 0.444 e. The molecule has 11 nitrogen and oxygen atoms in total. The molecule has 4 atom stereocenters. The van der Waals surface area contributed by atoms with Crippen molar-refractivity contribution in [2.24, 2.45) is 16.7 Å². The number of nitrogens with zero attached hydrogens (tertiary/aromatic N) is 3. The molecule has 12 heteroatoms. The van der Waals surface area contributed by atoms with Gasteiger partial charge < -0.3 is 30.3 Å². The van der Waals surface area contributed by atoms with E-state index in [0.29, 0.717) is 19.5 Å². The lowest BCUT2D eigenvalue weighted by Crippen LogP contribution is -2.58. The first kappa shape index (κ1) is 39.7. The van der Waals surface area contributed by atoms with E-state index in [4.69, 9.17) is 4.74 Å². The number of hydrogen-bond donors (Lipinski definition) is 3. The van der Waals surface area contributed by atoms with Crippen LogP contribution in [0, 0.1) is 23.7 Å². The summed E-state index contributed by atoms with van der Waals surface area (Å²) in [5, 5.41) is 16.7. The van der Waals surface area contributed by atoms with Gasteiger partial charge in [-0.25, -0.2) is 9.78 Å². The molecule has 3 aliphatic rings. The predicted molar refractivity (Wildman–Crippen MR) is 202 cm³/mol. The maximum atomic E-state index is 14.1. The summed E-state index contributed by atoms with van der Waals surface area (Å²) >= 11 is 1.59. The average molecular weight is 738 g/mol. The van der Waals surface area contributed by atoms with Gasteiger partial charge in [-0.2, -0.15) is 0 Å². The van der Waals surface area contributed by atoms with E-state index in [1.807, 2.05) is 90.1 Å². The standard InChI is InChI=1S/C40H59N5O6S/c1-25(28-9-11-29(12-10-28)33-26(2)41-24-52-33)42-35(48)31-22-30(46)23-45(31)36(49)34(38(3,4)5)43-32(47)21-27-13-15-40(16-14-27)17-19-44(20-18-40)37(50)51-39(6,7)8/h9-12,24-25,27,30-31,34,46H,13-23H2,1-8H3,(H,42,48)(H,43,47)/t25-,30+,31-,34+/m0/s1. The van der Waals surface area contributed by atoms with E-state index >= 15 is 0 Å². The number of nitrogens with one attached hydrogen (secondary N) is 2. The lowest BCUT2D eigenvalue weighted by atomic mass is 9.65. The van der Waals surface area contributed by atoms with Gasteiger partial charge in [0, 0.05) is 32.5 Å². The van der Waals surface area contributed by atoms with Gasteiger partial charge in [0.25, 0.3) is 0 Å². The molecule has 1 spiro atoms. The first-order chi connectivity index (χ1) is 24.3. The van der Waals surface area contributed by atoms with Gasteiger partial charge in [0.15, 0.2) is 0 Å². The number of thiazole rings is 1. The highest BCUT2D eigenvalue weighted by Gasteiger charge is 2.45. The van der Waals surface area contributed by atoms with Crippen LogP contribution in [0.3, 0.4) is 0 Å². The molecule has 1 saturated carbocycles. The predicted octanol–water partition coefficient (Wildman–Crippen LogP) is 6.39. The van der Waals surface area contributed by atoms with Crippen molar-refractivity contribution >= 4 is 35.2 Å². The van der Waals surface area contributed by atoms with Crippen LogP contribution in [0.25, 0.3) is 10.4 Å². The fourth-order valence-electron chi connectivity index (χ4n) is 7.98. The first-order valence-electron chi connectivity index (χ1n) is 18.9. The van der Waals surface area contributed by atoms with Crippen molar-refractivity contribution in [3.05, 3.63) is 41.0 Å². The summed E-state index contributed by atoms with van der Waals surface area (Å²) in [6, 6.07) is 6.00. The van der Waals surface area contributed by atoms with Crippen molar-refractivity contribution in [3.63, 3.8) is 0 Å². The Kier molecular flexibility index (Phi) is 12.1. The molecule has 1 aromatic heterocycles. The minimum atomic E-state index is -0.854. The van der Waals surface area contributed by atoms with Crippen LogP contribution in [0.1, 0.15) is 117 Å². The molecule has 3 N–H and O–H groups in total. The van der Waals surface area contributed by atoms with Gasteiger partial charge in [-0.05, 0) is 101 Å². The minimum Gasteiger partial charge on any atom is -0.444 e. The fourth-order valence-corrected chi connectivity index (χ4v) is 8.79. The molecule has 0 bridgehead atoms. The Morgan fingerprint density at radius 1 is 1.00 bits per heavy atom. The van der Waals surface area contributed by atoms with E-state index in [2.05, 4.69) is 15.6 Å². The van der Waals surface area contributed by atoms with Crippen LogP contribution in [0.5, 0.6) is 0 Å². The zero-order valence-corrected chi connectivity index (χ0v) is 33.1. The van der Waals surface area contributed by atoms with Crippen molar-refractivity contribution < 1.29 is 29.0 Å². The summed E-state index contributed by atoms with van der Waals surface area (Å²) in [6.07, 6.45) is 5.19. The minimum absolute atomic E-state index is 0.0344. The summed E-state index contributed by atoms with van der Waals surface area (Å²) in [4.78, 5) is 62.6. The van der Waals surface area contributed by atoms with E-state index in [-0.39, 0.29) is 54.2 Å². The van der Waals surface area contributed by atoms with Crippen LogP contribution in [0.2, 0.25) is 0 Å². The number of benzene rings is 1. The second kappa shape index (κ2) is 15.8. The van der Waals surface area contributed by atoms with Crippen LogP contribution in [0.15, 0.2) is 29.8 Å². The Morgan fingerprint density at radius 3 is 2.19 bits per heavy atom. The zero-order chi connectivity index (χ0) is 38.0. The summed E-state index contributed by atoms with van der Waals surface area (Å²) in [5.41, 5.74) is 3.87. The molecule has 3 heterocycles. The van der Waals surface area contributed by atoms with Crippen LogP contribution in [0.4, 0.5) is 4.79 Å². The molecule has 2 saturated heterocycles. The van der Waals surface area contributed by atoms with Gasteiger partial charge in [0.2, 0.25) is 17.7 Å². The molecule has 1 aromatic carbocycles. The summed E-state index contributed by atoms with van der Waals surface area (Å²) in [5.74, 6) is -0.625. The molecule has 2 aromatic rings. The number of hydrogen-bond acceptors (Lipinski definition) is 8. The Balaban J connectivity index is 1.14. The van der Waals surface area contributed by atoms with Gasteiger partial charge >= 0.3 is 6.09 Å². The molecule has 0 radical (unpaired) electrons. The van der Waals surface area contributed by atoms with Gasteiger partial charge in [-0.15, -0.1) is 11.3 Å². The molecule has 4 amide bonds. The number of rotatable bonds is 8. The van der Waals surface area contributed by atoms with Crippen LogP contribution < -0.4 is 10.6 Å². The summed E-state index contributed by atoms with van der Waals surface area (Å²) in [6.45, 7) is 16.7. The third-order valence-corrected chi connectivity index (χ3v) is 12.2. The number of carbonyl (C=O) groups is 4. The smallest absolute Gasteiger partial charge is 0.410 e. The number of likely N-dealkylation sites (tertiary alicyclic amines) is 2. The Labute approximate surface area is 313 Å². The molecule has 1 aliphatic carbocycles. The first-order valence-corrected chi connectivity index (χ1v) is 19.8. The monoisotopic (exact) mass is 737 g/mol. The SMILES string of the molecule is Cc1ncsc1-c1ccc([C@H](C)NC(=O)[C@@H]2C[C@@H](O)CN2C(=O)[C@@H](NC(=O)CC2CCC3(CC2)CCN(C(=O)OC(C)(C)C)CC3)C(C)(C)C)cc1. The highest BCUT2D eigenvalue weighted by Crippen LogP contribution is 2.47. The quantitative estimate of drug-likeness (QED) is 0.285. The molecular weight excluding hydrogens is 679 g/mol. The molecule has 286 valence electrons. The number of aliphatic hydroxyl groups excluding tert-OH is 1. The van der Waals surface area contributed by atoms with Gasteiger partial charge in [0.1, 0.15) is 17.7 Å². The molecule has 52 heavy (non-hydrogen) atoms. The van der Waals surface area contributed by atoms with Gasteiger partial charge in [0.05, 0.1) is 28.2 Å². The molecule has 0 unspecified atom stereocenters. The number of carbonyl (C=O) groups excluding carboxylic acids is 4. The zero-order valence-electron chi connectivity index (χ0n) is 32.3. The second-order valence-electron chi connectivity index (χ2n) is 17.5. The molecule has 5 rings (SSSR count).